The molecule has 1 aromatic heterocycles. The number of aromatic nitrogens is 2. The number of carbonyl (C=O) groups is 1. The predicted octanol–water partition coefficient (Wildman–Crippen LogP) is 3.61. The van der Waals surface area contributed by atoms with E-state index in [2.05, 4.69) is 15.5 Å². The number of nitrogens with zero attached hydrogens (tertiary/aromatic N) is 1. The fourth-order valence-electron chi connectivity index (χ4n) is 3.25. The van der Waals surface area contributed by atoms with E-state index >= 15 is 0 Å². The summed E-state index contributed by atoms with van der Waals surface area (Å²) in [6, 6.07) is 11.8. The largest absolute Gasteiger partial charge is 0.493 e. The molecule has 4 rings (SSSR count). The highest BCUT2D eigenvalue weighted by molar-refractivity contribution is 5.94. The molecule has 0 saturated carbocycles. The first-order valence-corrected chi connectivity index (χ1v) is 8.52. The molecule has 2 N–H and O–H groups in total. The summed E-state index contributed by atoms with van der Waals surface area (Å²) in [6.07, 6.45) is 2.04. The average molecular weight is 367 g/mol. The molecular weight excluding hydrogens is 349 g/mol. The highest BCUT2D eigenvalue weighted by Gasteiger charge is 2.28. The minimum atomic E-state index is -0.308. The van der Waals surface area contributed by atoms with Crippen LogP contribution in [-0.4, -0.2) is 23.2 Å². The van der Waals surface area contributed by atoms with Crippen LogP contribution in [0.1, 0.15) is 29.0 Å². The summed E-state index contributed by atoms with van der Waals surface area (Å²) >= 11 is 0. The van der Waals surface area contributed by atoms with Gasteiger partial charge >= 0.3 is 0 Å². The highest BCUT2D eigenvalue weighted by Crippen LogP contribution is 2.39. The Morgan fingerprint density at radius 3 is 2.93 bits per heavy atom. The maximum Gasteiger partial charge on any atom is 0.226 e. The minimum absolute atomic E-state index is 0.0743. The van der Waals surface area contributed by atoms with Gasteiger partial charge in [-0.3, -0.25) is 9.89 Å². The number of ether oxygens (including phenoxy) is 2. The molecule has 0 fully saturated rings. The first kappa shape index (κ1) is 17.1. The standard InChI is InChI=1S/C20H18FN3O3/c1-26-17-6-5-13(15-9-19(25)23-20-16(15)10-22-24-20)8-18(17)27-11-12-3-2-4-14(21)7-12/h2-8,10,15H,9,11H2,1H3,(H2,22,23,24,25). The number of amides is 1. The highest BCUT2D eigenvalue weighted by atomic mass is 19.1. The number of H-pyrrole nitrogens is 1. The normalized spacial score (nSPS) is 15.8. The Morgan fingerprint density at radius 1 is 1.22 bits per heavy atom. The first-order valence-electron chi connectivity index (χ1n) is 8.52. The Bertz CT molecular complexity index is 986. The van der Waals surface area contributed by atoms with Gasteiger partial charge in [0, 0.05) is 17.9 Å². The van der Waals surface area contributed by atoms with E-state index in [1.807, 2.05) is 18.2 Å². The molecular formula is C20H18FN3O3. The van der Waals surface area contributed by atoms with Gasteiger partial charge in [0.05, 0.1) is 13.3 Å². The van der Waals surface area contributed by atoms with Crippen molar-refractivity contribution in [2.45, 2.75) is 18.9 Å². The quantitative estimate of drug-likeness (QED) is 0.722. The van der Waals surface area contributed by atoms with Crippen molar-refractivity contribution >= 4 is 11.7 Å². The third kappa shape index (κ3) is 3.48. The Balaban J connectivity index is 1.62. The summed E-state index contributed by atoms with van der Waals surface area (Å²) < 4.78 is 24.6. The summed E-state index contributed by atoms with van der Waals surface area (Å²) in [6.45, 7) is 0.208. The smallest absolute Gasteiger partial charge is 0.226 e. The molecule has 2 heterocycles. The number of halogens is 1. The molecule has 0 radical (unpaired) electrons. The van der Waals surface area contributed by atoms with Crippen LogP contribution in [0.4, 0.5) is 10.2 Å². The number of benzene rings is 2. The number of carbonyl (C=O) groups excluding carboxylic acids is 1. The predicted molar refractivity (Wildman–Crippen MR) is 97.4 cm³/mol. The van der Waals surface area contributed by atoms with E-state index in [0.717, 1.165) is 16.7 Å². The fourth-order valence-corrected chi connectivity index (χ4v) is 3.25. The van der Waals surface area contributed by atoms with Crippen molar-refractivity contribution in [2.24, 2.45) is 0 Å². The van der Waals surface area contributed by atoms with Gasteiger partial charge in [0.2, 0.25) is 5.91 Å². The number of hydrogen-bond donors (Lipinski definition) is 2. The number of hydrogen-bond acceptors (Lipinski definition) is 4. The van der Waals surface area contributed by atoms with Crippen molar-refractivity contribution in [1.82, 2.24) is 10.2 Å². The zero-order valence-corrected chi connectivity index (χ0v) is 14.7. The molecule has 3 aromatic rings. The first-order chi connectivity index (χ1) is 13.1. The van der Waals surface area contributed by atoms with E-state index in [1.54, 1.807) is 25.4 Å². The molecule has 138 valence electrons. The Kier molecular flexibility index (Phi) is 4.50. The molecule has 0 bridgehead atoms. The number of nitrogens with one attached hydrogen (secondary N) is 2. The van der Waals surface area contributed by atoms with Gasteiger partial charge in [-0.2, -0.15) is 5.10 Å². The van der Waals surface area contributed by atoms with Gasteiger partial charge in [0.25, 0.3) is 0 Å². The van der Waals surface area contributed by atoms with E-state index in [-0.39, 0.29) is 24.2 Å². The van der Waals surface area contributed by atoms with Crippen molar-refractivity contribution in [3.05, 3.63) is 71.2 Å². The van der Waals surface area contributed by atoms with Gasteiger partial charge in [-0.15, -0.1) is 0 Å². The molecule has 6 nitrogen and oxygen atoms in total. The molecule has 0 saturated heterocycles. The molecule has 1 aliphatic rings. The Labute approximate surface area is 155 Å². The van der Waals surface area contributed by atoms with Gasteiger partial charge in [-0.05, 0) is 35.4 Å². The van der Waals surface area contributed by atoms with Gasteiger partial charge < -0.3 is 14.8 Å². The maximum absolute atomic E-state index is 13.4. The van der Waals surface area contributed by atoms with Gasteiger partial charge in [-0.25, -0.2) is 4.39 Å². The Hall–Kier alpha value is -3.35. The van der Waals surface area contributed by atoms with Gasteiger partial charge in [0.15, 0.2) is 11.5 Å². The molecule has 2 aromatic carbocycles. The van der Waals surface area contributed by atoms with Crippen molar-refractivity contribution in [3.63, 3.8) is 0 Å². The summed E-state index contributed by atoms with van der Waals surface area (Å²) in [5.41, 5.74) is 2.56. The van der Waals surface area contributed by atoms with Crippen molar-refractivity contribution in [3.8, 4) is 11.5 Å². The third-order valence-corrected chi connectivity index (χ3v) is 4.57. The third-order valence-electron chi connectivity index (χ3n) is 4.57. The van der Waals surface area contributed by atoms with Gasteiger partial charge in [-0.1, -0.05) is 18.2 Å². The molecule has 1 aliphatic heterocycles. The molecule has 0 spiro atoms. The van der Waals surface area contributed by atoms with E-state index < -0.39 is 0 Å². The van der Waals surface area contributed by atoms with Crippen LogP contribution in [-0.2, 0) is 11.4 Å². The van der Waals surface area contributed by atoms with E-state index in [4.69, 9.17) is 9.47 Å². The van der Waals surface area contributed by atoms with Crippen molar-refractivity contribution < 1.29 is 18.7 Å². The number of anilines is 1. The van der Waals surface area contributed by atoms with Gasteiger partial charge in [0.1, 0.15) is 18.2 Å². The summed E-state index contributed by atoms with van der Waals surface area (Å²) in [5.74, 6) is 1.22. The summed E-state index contributed by atoms with van der Waals surface area (Å²) in [4.78, 5) is 12.0. The lowest BCUT2D eigenvalue weighted by molar-refractivity contribution is -0.116. The van der Waals surface area contributed by atoms with Crippen LogP contribution in [0, 0.1) is 5.82 Å². The number of rotatable bonds is 5. The minimum Gasteiger partial charge on any atom is -0.493 e. The molecule has 1 unspecified atom stereocenters. The van der Waals surface area contributed by atoms with Crippen LogP contribution < -0.4 is 14.8 Å². The lowest BCUT2D eigenvalue weighted by Gasteiger charge is -2.23. The average Bonchev–Trinajstić information content (AvgIpc) is 3.14. The second-order valence-electron chi connectivity index (χ2n) is 6.33. The van der Waals surface area contributed by atoms with Crippen LogP contribution >= 0.6 is 0 Å². The molecule has 1 atom stereocenters. The second-order valence-corrected chi connectivity index (χ2v) is 6.33. The monoisotopic (exact) mass is 367 g/mol. The molecule has 27 heavy (non-hydrogen) atoms. The lowest BCUT2D eigenvalue weighted by Crippen LogP contribution is -2.23. The van der Waals surface area contributed by atoms with Crippen LogP contribution in [0.3, 0.4) is 0 Å². The van der Waals surface area contributed by atoms with Crippen LogP contribution in [0.5, 0.6) is 11.5 Å². The second kappa shape index (κ2) is 7.11. The molecule has 7 heteroatoms. The van der Waals surface area contributed by atoms with Crippen LogP contribution in [0.25, 0.3) is 0 Å². The molecule has 0 aliphatic carbocycles. The number of aromatic amines is 1. The SMILES string of the molecule is COc1ccc(C2CC(=O)Nc3[nH]ncc32)cc1OCc1cccc(F)c1. The van der Waals surface area contributed by atoms with E-state index in [0.29, 0.717) is 23.7 Å². The zero-order chi connectivity index (χ0) is 18.8. The van der Waals surface area contributed by atoms with Crippen molar-refractivity contribution in [2.75, 3.05) is 12.4 Å². The van der Waals surface area contributed by atoms with E-state index in [9.17, 15) is 9.18 Å². The number of methoxy groups -OCH3 is 1. The fraction of sp³-hybridized carbons (Fsp3) is 0.200. The Morgan fingerprint density at radius 2 is 2.11 bits per heavy atom. The van der Waals surface area contributed by atoms with Crippen molar-refractivity contribution in [1.29, 1.82) is 0 Å². The van der Waals surface area contributed by atoms with Crippen LogP contribution in [0.15, 0.2) is 48.7 Å². The zero-order valence-electron chi connectivity index (χ0n) is 14.7. The topological polar surface area (TPSA) is 76.2 Å². The molecule has 1 amide bonds. The van der Waals surface area contributed by atoms with Crippen LogP contribution in [0.2, 0.25) is 0 Å². The maximum atomic E-state index is 13.4. The summed E-state index contributed by atoms with van der Waals surface area (Å²) in [7, 11) is 1.56. The summed E-state index contributed by atoms with van der Waals surface area (Å²) in [5, 5.41) is 9.61. The van der Waals surface area contributed by atoms with E-state index in [1.165, 1.54) is 12.1 Å². The number of fused-ring (bicyclic) bond motifs is 1. The lowest BCUT2D eigenvalue weighted by atomic mass is 9.87.